The average Bonchev–Trinajstić information content (AvgIpc) is 2.47. The molecule has 0 fully saturated rings. The normalized spacial score (nSPS) is 10.7. The summed E-state index contributed by atoms with van der Waals surface area (Å²) in [5.74, 6) is 0.117. The van der Waals surface area contributed by atoms with Gasteiger partial charge in [0.15, 0.2) is 0 Å². The minimum atomic E-state index is 0.117. The molecule has 3 nitrogen and oxygen atoms in total. The van der Waals surface area contributed by atoms with Crippen molar-refractivity contribution < 1.29 is 4.79 Å². The van der Waals surface area contributed by atoms with Crippen LogP contribution >= 0.6 is 11.6 Å². The van der Waals surface area contributed by atoms with E-state index in [-0.39, 0.29) is 5.78 Å². The highest BCUT2D eigenvalue weighted by molar-refractivity contribution is 6.30. The summed E-state index contributed by atoms with van der Waals surface area (Å²) in [5, 5.41) is 0.639. The third-order valence-corrected chi connectivity index (χ3v) is 2.20. The Morgan fingerprint density at radius 3 is 3.07 bits per heavy atom. The Labute approximate surface area is 86.3 Å². The maximum absolute atomic E-state index is 11.0. The Morgan fingerprint density at radius 2 is 2.36 bits per heavy atom. The van der Waals surface area contributed by atoms with Gasteiger partial charge in [0.2, 0.25) is 0 Å². The van der Waals surface area contributed by atoms with E-state index in [1.165, 1.54) is 0 Å². The van der Waals surface area contributed by atoms with Crippen LogP contribution in [0.3, 0.4) is 0 Å². The van der Waals surface area contributed by atoms with Gasteiger partial charge in [0.05, 0.1) is 5.02 Å². The molecule has 4 heteroatoms. The van der Waals surface area contributed by atoms with E-state index in [1.807, 2.05) is 10.5 Å². The van der Waals surface area contributed by atoms with Crippen molar-refractivity contribution in [1.82, 2.24) is 9.38 Å². The van der Waals surface area contributed by atoms with Crippen molar-refractivity contribution in [2.45, 2.75) is 13.3 Å². The van der Waals surface area contributed by atoms with E-state index in [9.17, 15) is 4.79 Å². The largest absolute Gasteiger partial charge is 0.302 e. The van der Waals surface area contributed by atoms with Gasteiger partial charge in [-0.25, -0.2) is 4.98 Å². The van der Waals surface area contributed by atoms with Crippen molar-refractivity contribution in [3.05, 3.63) is 35.2 Å². The number of halogens is 1. The fraction of sp³-hybridized carbons (Fsp3) is 0.200. The molecule has 0 aliphatic carbocycles. The Bertz CT molecular complexity index is 490. The first-order valence-electron chi connectivity index (χ1n) is 4.28. The first-order chi connectivity index (χ1) is 6.66. The van der Waals surface area contributed by atoms with Gasteiger partial charge in [-0.05, 0) is 19.1 Å². The van der Waals surface area contributed by atoms with Crippen molar-refractivity contribution in [2.24, 2.45) is 0 Å². The molecule has 0 saturated heterocycles. The Hall–Kier alpha value is -1.35. The highest BCUT2D eigenvalue weighted by Gasteiger charge is 2.05. The number of carbonyl (C=O) groups is 1. The second-order valence-corrected chi connectivity index (χ2v) is 3.64. The minimum Gasteiger partial charge on any atom is -0.302 e. The fourth-order valence-electron chi connectivity index (χ4n) is 1.39. The van der Waals surface area contributed by atoms with Gasteiger partial charge in [0.1, 0.15) is 11.4 Å². The van der Waals surface area contributed by atoms with E-state index in [2.05, 4.69) is 4.98 Å². The molecule has 2 aromatic heterocycles. The van der Waals surface area contributed by atoms with E-state index >= 15 is 0 Å². The molecular formula is C10H9ClN2O. The zero-order valence-corrected chi connectivity index (χ0v) is 8.45. The van der Waals surface area contributed by atoms with E-state index in [0.717, 1.165) is 11.3 Å². The summed E-state index contributed by atoms with van der Waals surface area (Å²) in [6.07, 6.45) is 3.86. The number of rotatable bonds is 2. The predicted octanol–water partition coefficient (Wildman–Crippen LogP) is 2.12. The van der Waals surface area contributed by atoms with Crippen molar-refractivity contribution in [2.75, 3.05) is 0 Å². The molecule has 0 saturated carbocycles. The zero-order chi connectivity index (χ0) is 10.1. The number of fused-ring (bicyclic) bond motifs is 1. The van der Waals surface area contributed by atoms with E-state index in [0.29, 0.717) is 11.4 Å². The molecule has 0 radical (unpaired) electrons. The second-order valence-electron chi connectivity index (χ2n) is 3.20. The number of Topliss-reactive ketones (excluding diaryl/α,β-unsaturated/α-hetero) is 1. The molecule has 0 unspecified atom stereocenters. The molecule has 0 aromatic carbocycles. The average molecular weight is 209 g/mol. The number of nitrogens with zero attached hydrogens (tertiary/aromatic N) is 2. The van der Waals surface area contributed by atoms with Crippen LogP contribution in [0.2, 0.25) is 5.02 Å². The quantitative estimate of drug-likeness (QED) is 0.758. The van der Waals surface area contributed by atoms with Crippen LogP contribution in [-0.4, -0.2) is 15.2 Å². The predicted molar refractivity (Wildman–Crippen MR) is 54.6 cm³/mol. The van der Waals surface area contributed by atoms with Crippen LogP contribution in [0.4, 0.5) is 0 Å². The van der Waals surface area contributed by atoms with Crippen LogP contribution in [-0.2, 0) is 11.2 Å². The maximum Gasteiger partial charge on any atom is 0.136 e. The van der Waals surface area contributed by atoms with Crippen LogP contribution in [0.15, 0.2) is 24.5 Å². The van der Waals surface area contributed by atoms with E-state index in [1.54, 1.807) is 25.4 Å². The summed E-state index contributed by atoms with van der Waals surface area (Å²) in [4.78, 5) is 15.1. The first-order valence-corrected chi connectivity index (χ1v) is 4.65. The van der Waals surface area contributed by atoms with Crippen molar-refractivity contribution in [3.8, 4) is 0 Å². The maximum atomic E-state index is 11.0. The molecule has 14 heavy (non-hydrogen) atoms. The molecule has 0 N–H and O–H groups in total. The van der Waals surface area contributed by atoms with Crippen LogP contribution < -0.4 is 0 Å². The van der Waals surface area contributed by atoms with Crippen LogP contribution in [0.5, 0.6) is 0 Å². The van der Waals surface area contributed by atoms with Gasteiger partial charge in [-0.1, -0.05) is 11.6 Å². The lowest BCUT2D eigenvalue weighted by Crippen LogP contribution is -1.99. The summed E-state index contributed by atoms with van der Waals surface area (Å²) >= 11 is 5.85. The van der Waals surface area contributed by atoms with Gasteiger partial charge >= 0.3 is 0 Å². The van der Waals surface area contributed by atoms with Crippen LogP contribution in [0.25, 0.3) is 5.65 Å². The summed E-state index contributed by atoms with van der Waals surface area (Å²) in [6.45, 7) is 1.56. The van der Waals surface area contributed by atoms with Crippen molar-refractivity contribution in [3.63, 3.8) is 0 Å². The molecule has 0 aliphatic heterocycles. The summed E-state index contributed by atoms with van der Waals surface area (Å²) in [7, 11) is 0. The van der Waals surface area contributed by atoms with Gasteiger partial charge in [-0.3, -0.25) is 4.79 Å². The molecule has 0 atom stereocenters. The smallest absolute Gasteiger partial charge is 0.136 e. The van der Waals surface area contributed by atoms with Gasteiger partial charge in [-0.15, -0.1) is 0 Å². The lowest BCUT2D eigenvalue weighted by Gasteiger charge is -1.99. The van der Waals surface area contributed by atoms with Gasteiger partial charge in [-0.2, -0.15) is 0 Å². The fourth-order valence-corrected chi connectivity index (χ4v) is 1.55. The lowest BCUT2D eigenvalue weighted by molar-refractivity contribution is -0.116. The number of ketones is 1. The number of hydrogen-bond acceptors (Lipinski definition) is 2. The first kappa shape index (κ1) is 9.21. The summed E-state index contributed by atoms with van der Waals surface area (Å²) < 4.78 is 1.84. The summed E-state index contributed by atoms with van der Waals surface area (Å²) in [6, 6.07) is 3.60. The monoisotopic (exact) mass is 208 g/mol. The molecule has 2 heterocycles. The molecule has 0 amide bonds. The highest BCUT2D eigenvalue weighted by atomic mass is 35.5. The molecule has 0 bridgehead atoms. The van der Waals surface area contributed by atoms with E-state index in [4.69, 9.17) is 11.6 Å². The summed E-state index contributed by atoms with van der Waals surface area (Å²) in [5.41, 5.74) is 1.68. The van der Waals surface area contributed by atoms with Gasteiger partial charge < -0.3 is 4.40 Å². The number of hydrogen-bond donors (Lipinski definition) is 0. The van der Waals surface area contributed by atoms with Crippen LogP contribution in [0, 0.1) is 0 Å². The molecule has 2 aromatic rings. The van der Waals surface area contributed by atoms with E-state index < -0.39 is 0 Å². The number of pyridine rings is 1. The number of imidazole rings is 1. The number of carbonyl (C=O) groups excluding carboxylic acids is 1. The van der Waals surface area contributed by atoms with Crippen molar-refractivity contribution >= 4 is 23.0 Å². The zero-order valence-electron chi connectivity index (χ0n) is 7.70. The Kier molecular flexibility index (Phi) is 2.25. The molecule has 72 valence electrons. The topological polar surface area (TPSA) is 34.4 Å². The number of aromatic nitrogens is 2. The SMILES string of the molecule is CC(=O)Cc1cnc2ccc(Cl)cn12. The molecule has 2 rings (SSSR count). The molecule has 0 aliphatic rings. The Balaban J connectivity index is 2.55. The third-order valence-electron chi connectivity index (χ3n) is 1.98. The van der Waals surface area contributed by atoms with Gasteiger partial charge in [0, 0.05) is 24.5 Å². The highest BCUT2D eigenvalue weighted by Crippen LogP contribution is 2.13. The van der Waals surface area contributed by atoms with Gasteiger partial charge in [0.25, 0.3) is 0 Å². The molecular weight excluding hydrogens is 200 g/mol. The lowest BCUT2D eigenvalue weighted by atomic mass is 10.2. The third kappa shape index (κ3) is 1.63. The minimum absolute atomic E-state index is 0.117. The molecule has 0 spiro atoms. The second kappa shape index (κ2) is 3.42. The van der Waals surface area contributed by atoms with Crippen molar-refractivity contribution in [1.29, 1.82) is 0 Å². The van der Waals surface area contributed by atoms with Crippen LogP contribution in [0.1, 0.15) is 12.6 Å². The standard InChI is InChI=1S/C10H9ClN2O/c1-7(14)4-9-5-12-10-3-2-8(11)6-13(9)10/h2-3,5-6H,4H2,1H3. The Morgan fingerprint density at radius 1 is 1.57 bits per heavy atom.